The van der Waals surface area contributed by atoms with Crippen molar-refractivity contribution in [1.29, 1.82) is 0 Å². The molecule has 1 aliphatic rings. The standard InChI is InChI=1S/C10H21NO/c1-9(2)11-7-10(3,8-11)5-6-12-4/h9H,5-8H2,1-4H3. The molecule has 0 amide bonds. The van der Waals surface area contributed by atoms with Gasteiger partial charge in [-0.05, 0) is 25.7 Å². The number of hydrogen-bond donors (Lipinski definition) is 0. The molecule has 0 atom stereocenters. The molecule has 0 N–H and O–H groups in total. The molecule has 0 aromatic heterocycles. The smallest absolute Gasteiger partial charge is 0.0468 e. The molecule has 0 aromatic rings. The van der Waals surface area contributed by atoms with Crippen molar-refractivity contribution in [3.63, 3.8) is 0 Å². The van der Waals surface area contributed by atoms with Crippen molar-refractivity contribution in [2.45, 2.75) is 33.2 Å². The summed E-state index contributed by atoms with van der Waals surface area (Å²) in [5.41, 5.74) is 0.528. The quantitative estimate of drug-likeness (QED) is 0.639. The van der Waals surface area contributed by atoms with Crippen LogP contribution >= 0.6 is 0 Å². The molecule has 0 radical (unpaired) electrons. The van der Waals surface area contributed by atoms with Gasteiger partial charge in [0, 0.05) is 32.8 Å². The minimum absolute atomic E-state index is 0.528. The molecular formula is C10H21NO. The van der Waals surface area contributed by atoms with E-state index in [1.165, 1.54) is 19.5 Å². The van der Waals surface area contributed by atoms with Crippen molar-refractivity contribution >= 4 is 0 Å². The molecule has 1 saturated heterocycles. The normalized spacial score (nSPS) is 22.8. The Morgan fingerprint density at radius 1 is 1.42 bits per heavy atom. The Morgan fingerprint density at radius 3 is 2.42 bits per heavy atom. The van der Waals surface area contributed by atoms with Crippen LogP contribution < -0.4 is 0 Å². The SMILES string of the molecule is COCCC1(C)CN(C(C)C)C1. The first-order valence-electron chi connectivity index (χ1n) is 4.80. The van der Waals surface area contributed by atoms with E-state index >= 15 is 0 Å². The summed E-state index contributed by atoms with van der Waals surface area (Å²) in [6, 6.07) is 0.709. The zero-order valence-corrected chi connectivity index (χ0v) is 8.76. The third-order valence-corrected chi connectivity index (χ3v) is 2.81. The van der Waals surface area contributed by atoms with E-state index in [4.69, 9.17) is 4.74 Å². The van der Waals surface area contributed by atoms with Gasteiger partial charge in [-0.25, -0.2) is 0 Å². The van der Waals surface area contributed by atoms with Gasteiger partial charge in [0.1, 0.15) is 0 Å². The Bertz CT molecular complexity index is 139. The third-order valence-electron chi connectivity index (χ3n) is 2.81. The van der Waals surface area contributed by atoms with E-state index in [0.29, 0.717) is 11.5 Å². The summed E-state index contributed by atoms with van der Waals surface area (Å²) < 4.78 is 5.09. The van der Waals surface area contributed by atoms with E-state index in [-0.39, 0.29) is 0 Å². The topological polar surface area (TPSA) is 12.5 Å². The van der Waals surface area contributed by atoms with Gasteiger partial charge in [-0.2, -0.15) is 0 Å². The highest BCUT2D eigenvalue weighted by atomic mass is 16.5. The van der Waals surface area contributed by atoms with E-state index < -0.39 is 0 Å². The largest absolute Gasteiger partial charge is 0.385 e. The Hall–Kier alpha value is -0.0800. The molecule has 1 rings (SSSR count). The molecule has 0 aromatic carbocycles. The predicted octanol–water partition coefficient (Wildman–Crippen LogP) is 1.75. The van der Waals surface area contributed by atoms with Crippen LogP contribution in [-0.2, 0) is 4.74 Å². The molecule has 0 spiro atoms. The van der Waals surface area contributed by atoms with Gasteiger partial charge in [0.05, 0.1) is 0 Å². The summed E-state index contributed by atoms with van der Waals surface area (Å²) in [4.78, 5) is 2.51. The summed E-state index contributed by atoms with van der Waals surface area (Å²) in [5, 5.41) is 0. The van der Waals surface area contributed by atoms with Crippen LogP contribution in [0.3, 0.4) is 0 Å². The highest BCUT2D eigenvalue weighted by Gasteiger charge is 2.38. The van der Waals surface area contributed by atoms with Crippen molar-refractivity contribution in [3.8, 4) is 0 Å². The minimum atomic E-state index is 0.528. The fourth-order valence-electron chi connectivity index (χ4n) is 1.81. The van der Waals surface area contributed by atoms with Crippen LogP contribution in [-0.4, -0.2) is 37.7 Å². The van der Waals surface area contributed by atoms with Gasteiger partial charge in [0.2, 0.25) is 0 Å². The Labute approximate surface area is 75.9 Å². The number of methoxy groups -OCH3 is 1. The first kappa shape index (κ1) is 10.0. The second-order valence-corrected chi connectivity index (χ2v) is 4.55. The molecule has 2 heteroatoms. The maximum Gasteiger partial charge on any atom is 0.0468 e. The predicted molar refractivity (Wildman–Crippen MR) is 51.3 cm³/mol. The lowest BCUT2D eigenvalue weighted by molar-refractivity contribution is -0.0275. The minimum Gasteiger partial charge on any atom is -0.385 e. The van der Waals surface area contributed by atoms with Gasteiger partial charge in [0.25, 0.3) is 0 Å². The second kappa shape index (κ2) is 3.75. The van der Waals surface area contributed by atoms with Crippen molar-refractivity contribution in [2.75, 3.05) is 26.8 Å². The van der Waals surface area contributed by atoms with E-state index in [9.17, 15) is 0 Å². The molecule has 0 aliphatic carbocycles. The zero-order chi connectivity index (χ0) is 9.19. The molecule has 0 saturated carbocycles. The van der Waals surface area contributed by atoms with Crippen LogP contribution in [0, 0.1) is 5.41 Å². The molecule has 1 aliphatic heterocycles. The van der Waals surface area contributed by atoms with Gasteiger partial charge in [0.15, 0.2) is 0 Å². The fourth-order valence-corrected chi connectivity index (χ4v) is 1.81. The van der Waals surface area contributed by atoms with Crippen molar-refractivity contribution in [3.05, 3.63) is 0 Å². The van der Waals surface area contributed by atoms with Crippen LogP contribution in [0.5, 0.6) is 0 Å². The van der Waals surface area contributed by atoms with Gasteiger partial charge in [-0.3, -0.25) is 4.90 Å². The molecule has 0 bridgehead atoms. The first-order chi connectivity index (χ1) is 5.57. The summed E-state index contributed by atoms with van der Waals surface area (Å²) in [5.74, 6) is 0. The molecule has 0 unspecified atom stereocenters. The van der Waals surface area contributed by atoms with Gasteiger partial charge < -0.3 is 4.74 Å². The van der Waals surface area contributed by atoms with E-state index in [0.717, 1.165) is 6.61 Å². The van der Waals surface area contributed by atoms with Gasteiger partial charge in [-0.15, -0.1) is 0 Å². The van der Waals surface area contributed by atoms with Crippen LogP contribution in [0.2, 0.25) is 0 Å². The third kappa shape index (κ3) is 2.20. The highest BCUT2D eigenvalue weighted by Crippen LogP contribution is 2.34. The molecule has 2 nitrogen and oxygen atoms in total. The van der Waals surface area contributed by atoms with Crippen molar-refractivity contribution in [1.82, 2.24) is 4.90 Å². The maximum atomic E-state index is 5.09. The monoisotopic (exact) mass is 171 g/mol. The fraction of sp³-hybridized carbons (Fsp3) is 1.00. The molecular weight excluding hydrogens is 150 g/mol. The number of hydrogen-bond acceptors (Lipinski definition) is 2. The lowest BCUT2D eigenvalue weighted by Gasteiger charge is -2.50. The average molecular weight is 171 g/mol. The number of nitrogens with zero attached hydrogens (tertiary/aromatic N) is 1. The summed E-state index contributed by atoms with van der Waals surface area (Å²) in [7, 11) is 1.78. The molecule has 12 heavy (non-hydrogen) atoms. The van der Waals surface area contributed by atoms with Gasteiger partial charge >= 0.3 is 0 Å². The summed E-state index contributed by atoms with van der Waals surface area (Å²) in [6.45, 7) is 10.3. The molecule has 72 valence electrons. The van der Waals surface area contributed by atoms with Crippen LogP contribution in [0.4, 0.5) is 0 Å². The summed E-state index contributed by atoms with van der Waals surface area (Å²) >= 11 is 0. The highest BCUT2D eigenvalue weighted by molar-refractivity contribution is 4.92. The lowest BCUT2D eigenvalue weighted by Crippen LogP contribution is -2.57. The Kier molecular flexibility index (Phi) is 3.13. The Morgan fingerprint density at radius 2 is 2.00 bits per heavy atom. The van der Waals surface area contributed by atoms with E-state index in [1.54, 1.807) is 7.11 Å². The van der Waals surface area contributed by atoms with Crippen LogP contribution in [0.15, 0.2) is 0 Å². The number of likely N-dealkylation sites (tertiary alicyclic amines) is 1. The molecule has 1 fully saturated rings. The van der Waals surface area contributed by atoms with E-state index in [1.807, 2.05) is 0 Å². The zero-order valence-electron chi connectivity index (χ0n) is 8.76. The van der Waals surface area contributed by atoms with Crippen molar-refractivity contribution in [2.24, 2.45) is 5.41 Å². The maximum absolute atomic E-state index is 5.09. The van der Waals surface area contributed by atoms with E-state index in [2.05, 4.69) is 25.7 Å². The van der Waals surface area contributed by atoms with Crippen LogP contribution in [0.1, 0.15) is 27.2 Å². The van der Waals surface area contributed by atoms with Crippen molar-refractivity contribution < 1.29 is 4.74 Å². The second-order valence-electron chi connectivity index (χ2n) is 4.55. The summed E-state index contributed by atoms with van der Waals surface area (Å²) in [6.07, 6.45) is 1.20. The lowest BCUT2D eigenvalue weighted by atomic mass is 9.78. The average Bonchev–Trinajstić information content (AvgIpc) is 1.95. The first-order valence-corrected chi connectivity index (χ1v) is 4.80. The van der Waals surface area contributed by atoms with Crippen LogP contribution in [0.25, 0.3) is 0 Å². The number of rotatable bonds is 4. The van der Waals surface area contributed by atoms with Gasteiger partial charge in [-0.1, -0.05) is 6.92 Å². The Balaban J connectivity index is 2.20. The molecule has 1 heterocycles. The number of ether oxygens (including phenoxy) is 1.